The van der Waals surface area contributed by atoms with Crippen molar-refractivity contribution in [1.82, 2.24) is 0 Å². The van der Waals surface area contributed by atoms with Gasteiger partial charge in [0.1, 0.15) is 0 Å². The van der Waals surface area contributed by atoms with Crippen molar-refractivity contribution in [2.24, 2.45) is 0 Å². The molecule has 0 aromatic heterocycles. The third kappa shape index (κ3) is 9.13. The maximum absolute atomic E-state index is 12.3. The molecule has 9 nitrogen and oxygen atoms in total. The second-order valence-corrected chi connectivity index (χ2v) is 7.96. The van der Waals surface area contributed by atoms with Gasteiger partial charge in [0.15, 0.2) is 0 Å². The van der Waals surface area contributed by atoms with Crippen molar-refractivity contribution in [2.45, 2.75) is 57.8 Å². The Morgan fingerprint density at radius 1 is 0.528 bits per heavy atom. The zero-order valence-corrected chi connectivity index (χ0v) is 20.6. The van der Waals surface area contributed by atoms with Crippen molar-refractivity contribution in [3.63, 3.8) is 0 Å². The molecule has 0 heterocycles. The van der Waals surface area contributed by atoms with Gasteiger partial charge in [0.05, 0.1) is 55.3 Å². The number of carbonyl (C=O) groups is 3. The molecule has 3 N–H and O–H groups in total. The van der Waals surface area contributed by atoms with Gasteiger partial charge in [-0.2, -0.15) is 0 Å². The second kappa shape index (κ2) is 16.8. The first kappa shape index (κ1) is 30.3. The van der Waals surface area contributed by atoms with Gasteiger partial charge in [0.25, 0.3) is 0 Å². The summed E-state index contributed by atoms with van der Waals surface area (Å²) in [6.45, 7) is 11.7. The van der Waals surface area contributed by atoms with E-state index in [4.69, 9.17) is 14.2 Å². The van der Waals surface area contributed by atoms with Crippen LogP contribution in [0.3, 0.4) is 0 Å². The molecule has 198 valence electrons. The summed E-state index contributed by atoms with van der Waals surface area (Å²) < 4.78 is 15.4. The Bertz CT molecular complexity index is 877. The van der Waals surface area contributed by atoms with Crippen molar-refractivity contribution in [2.75, 3.05) is 19.8 Å². The van der Waals surface area contributed by atoms with Gasteiger partial charge in [-0.1, -0.05) is 19.7 Å². The first-order valence-corrected chi connectivity index (χ1v) is 11.9. The zero-order chi connectivity index (χ0) is 26.9. The predicted octanol–water partition coefficient (Wildman–Crippen LogP) is 5.23. The van der Waals surface area contributed by atoms with Crippen LogP contribution in [-0.2, 0) is 33.5 Å². The maximum Gasteiger partial charge on any atom is 0.337 e. The molecule has 0 saturated carbocycles. The summed E-state index contributed by atoms with van der Waals surface area (Å²) in [7, 11) is 0. The summed E-state index contributed by atoms with van der Waals surface area (Å²) in [6.07, 6.45) is 8.37. The number of carboxylic acid groups (broad SMARTS) is 3. The van der Waals surface area contributed by atoms with E-state index in [1.165, 1.54) is 18.8 Å². The summed E-state index contributed by atoms with van der Waals surface area (Å²) in [6, 6.07) is 0. The van der Waals surface area contributed by atoms with E-state index in [1.54, 1.807) is 0 Å². The first-order valence-electron chi connectivity index (χ1n) is 11.9. The van der Waals surface area contributed by atoms with Crippen molar-refractivity contribution in [1.29, 1.82) is 0 Å². The molecule has 0 aliphatic rings. The van der Waals surface area contributed by atoms with Crippen LogP contribution in [0.2, 0.25) is 0 Å². The molecule has 0 unspecified atom stereocenters. The third-order valence-corrected chi connectivity index (χ3v) is 5.64. The van der Waals surface area contributed by atoms with Crippen LogP contribution in [0.25, 0.3) is 0 Å². The number of unbranched alkanes of at least 4 members (excludes halogenated alkanes) is 3. The van der Waals surface area contributed by atoms with Crippen LogP contribution in [0.5, 0.6) is 0 Å². The Labute approximate surface area is 211 Å². The lowest BCUT2D eigenvalue weighted by Gasteiger charge is -2.23. The summed E-state index contributed by atoms with van der Waals surface area (Å²) in [5, 5.41) is 30.0. The molecular formula is C27H36O9. The standard InChI is InChI=1S/C27H36O9/c1-4-34-16-10-7-13-19-20(14-8-11-17-35-5-2)22(25(28)29)24(27(32)33)23(26(30)31)21(19)15-9-12-18-36-6-3/h4-6H,1-3,7-18H2,(H,28,29)(H,30,31)(H,32,33). The monoisotopic (exact) mass is 504 g/mol. The average molecular weight is 505 g/mol. The van der Waals surface area contributed by atoms with Gasteiger partial charge in [-0.15, -0.1) is 0 Å². The molecule has 36 heavy (non-hydrogen) atoms. The molecule has 0 aliphatic carbocycles. The number of hydrogen-bond donors (Lipinski definition) is 3. The molecule has 0 fully saturated rings. The largest absolute Gasteiger partial charge is 0.502 e. The third-order valence-electron chi connectivity index (χ3n) is 5.64. The molecule has 0 aliphatic heterocycles. The normalized spacial score (nSPS) is 10.3. The Kier molecular flexibility index (Phi) is 14.1. The van der Waals surface area contributed by atoms with Crippen LogP contribution in [0.15, 0.2) is 38.5 Å². The minimum absolute atomic E-state index is 0.271. The lowest BCUT2D eigenvalue weighted by Crippen LogP contribution is -2.23. The molecule has 1 rings (SSSR count). The van der Waals surface area contributed by atoms with E-state index in [2.05, 4.69) is 19.7 Å². The smallest absolute Gasteiger partial charge is 0.337 e. The highest BCUT2D eigenvalue weighted by molar-refractivity contribution is 6.11. The Balaban J connectivity index is 3.66. The topological polar surface area (TPSA) is 140 Å². The Morgan fingerprint density at radius 3 is 1.11 bits per heavy atom. The predicted molar refractivity (Wildman–Crippen MR) is 135 cm³/mol. The van der Waals surface area contributed by atoms with E-state index in [0.29, 0.717) is 81.5 Å². The van der Waals surface area contributed by atoms with Gasteiger partial charge in [0.2, 0.25) is 0 Å². The van der Waals surface area contributed by atoms with E-state index in [1.807, 2.05) is 0 Å². The molecule has 9 heteroatoms. The van der Waals surface area contributed by atoms with Crippen LogP contribution in [0, 0.1) is 0 Å². The number of aromatic carboxylic acids is 3. The highest BCUT2D eigenvalue weighted by Gasteiger charge is 2.32. The van der Waals surface area contributed by atoms with Gasteiger partial charge in [-0.3, -0.25) is 0 Å². The molecule has 0 spiro atoms. The average Bonchev–Trinajstić information content (AvgIpc) is 2.83. The van der Waals surface area contributed by atoms with Crippen LogP contribution in [0.4, 0.5) is 0 Å². The van der Waals surface area contributed by atoms with Crippen LogP contribution in [-0.4, -0.2) is 53.0 Å². The fourth-order valence-corrected chi connectivity index (χ4v) is 4.16. The van der Waals surface area contributed by atoms with Crippen molar-refractivity contribution in [3.8, 4) is 0 Å². The SMILES string of the molecule is C=COCCCCc1c(CCCCOC=C)c(C(=O)O)c(C(=O)O)c(C(=O)O)c1CCCCOC=C. The van der Waals surface area contributed by atoms with Gasteiger partial charge in [0, 0.05) is 0 Å². The lowest BCUT2D eigenvalue weighted by molar-refractivity contribution is 0.0631. The van der Waals surface area contributed by atoms with Crippen LogP contribution < -0.4 is 0 Å². The van der Waals surface area contributed by atoms with Crippen LogP contribution >= 0.6 is 0 Å². The minimum Gasteiger partial charge on any atom is -0.502 e. The minimum atomic E-state index is -1.58. The van der Waals surface area contributed by atoms with E-state index in [-0.39, 0.29) is 12.8 Å². The molecule has 1 aromatic carbocycles. The Morgan fingerprint density at radius 2 is 0.833 bits per heavy atom. The van der Waals surface area contributed by atoms with E-state index in [0.717, 1.165) is 0 Å². The molecule has 0 saturated heterocycles. The second-order valence-electron chi connectivity index (χ2n) is 7.96. The number of carboxylic acids is 3. The van der Waals surface area contributed by atoms with Crippen molar-refractivity contribution < 1.29 is 43.9 Å². The molecule has 0 radical (unpaired) electrons. The van der Waals surface area contributed by atoms with E-state index < -0.39 is 34.6 Å². The Hall–Kier alpha value is -3.75. The summed E-state index contributed by atoms with van der Waals surface area (Å²) >= 11 is 0. The molecule has 0 bridgehead atoms. The first-order chi connectivity index (χ1) is 17.3. The van der Waals surface area contributed by atoms with E-state index >= 15 is 0 Å². The number of ether oxygens (including phenoxy) is 3. The maximum atomic E-state index is 12.3. The molecule has 0 atom stereocenters. The quantitative estimate of drug-likeness (QED) is 0.152. The fraction of sp³-hybridized carbons (Fsp3) is 0.444. The number of hydrogen-bond acceptors (Lipinski definition) is 6. The summed E-state index contributed by atoms with van der Waals surface area (Å²) in [5.41, 5.74) is -0.275. The highest BCUT2D eigenvalue weighted by atomic mass is 16.5. The summed E-state index contributed by atoms with van der Waals surface area (Å²) in [4.78, 5) is 36.8. The van der Waals surface area contributed by atoms with Gasteiger partial charge >= 0.3 is 17.9 Å². The number of rotatable bonds is 21. The molecular weight excluding hydrogens is 468 g/mol. The molecule has 1 aromatic rings. The zero-order valence-electron chi connectivity index (χ0n) is 20.6. The lowest BCUT2D eigenvalue weighted by atomic mass is 9.81. The van der Waals surface area contributed by atoms with Crippen molar-refractivity contribution in [3.05, 3.63) is 71.9 Å². The van der Waals surface area contributed by atoms with Crippen LogP contribution in [0.1, 0.15) is 86.3 Å². The van der Waals surface area contributed by atoms with Gasteiger partial charge < -0.3 is 29.5 Å². The fourth-order valence-electron chi connectivity index (χ4n) is 4.16. The van der Waals surface area contributed by atoms with Gasteiger partial charge in [-0.05, 0) is 74.5 Å². The molecule has 0 amide bonds. The highest BCUT2D eigenvalue weighted by Crippen LogP contribution is 2.33. The van der Waals surface area contributed by atoms with E-state index in [9.17, 15) is 29.7 Å². The summed E-state index contributed by atoms with van der Waals surface area (Å²) in [5.74, 6) is -4.51. The van der Waals surface area contributed by atoms with Crippen molar-refractivity contribution >= 4 is 17.9 Å². The van der Waals surface area contributed by atoms with Gasteiger partial charge in [-0.25, -0.2) is 14.4 Å². The number of benzene rings is 1.